The molecule has 232 valence electrons. The Morgan fingerprint density at radius 1 is 1.16 bits per heavy atom. The van der Waals surface area contributed by atoms with Crippen LogP contribution in [0.5, 0.6) is 5.75 Å². The summed E-state index contributed by atoms with van der Waals surface area (Å²) in [7, 11) is -2.75. The van der Waals surface area contributed by atoms with Gasteiger partial charge in [0.2, 0.25) is 5.95 Å². The molecule has 0 radical (unpaired) electrons. The molecule has 0 aliphatic carbocycles. The summed E-state index contributed by atoms with van der Waals surface area (Å²) in [6.45, 7) is 3.35. The standard InChI is InChI=1S/C30H30ClF2N5O5S/c1-42-11-10-38-8-6-20(7-9-38)35-30-34-15-18-12-17(2-4-23(18)36-30)27-22(32)3-5-24(28(27)33)37-44(40,41)26-14-19(31)13-21-25(39)16-43-29(21)26/h2-5,12-15,20,25,37,39H,6-11,16H2,1H3,(H,34,35,36). The molecule has 0 amide bonds. The van der Waals surface area contributed by atoms with Gasteiger partial charge >= 0.3 is 0 Å². The van der Waals surface area contributed by atoms with Crippen molar-refractivity contribution >= 4 is 44.2 Å². The van der Waals surface area contributed by atoms with Gasteiger partial charge in [-0.2, -0.15) is 0 Å². The number of halogens is 3. The van der Waals surface area contributed by atoms with Crippen molar-refractivity contribution in [1.29, 1.82) is 0 Å². The second kappa shape index (κ2) is 12.4. The molecular formula is C30H30ClF2N5O5S. The fourth-order valence-electron chi connectivity index (χ4n) is 5.50. The number of likely N-dealkylation sites (tertiary alicyclic amines) is 1. The topological polar surface area (TPSA) is 126 Å². The van der Waals surface area contributed by atoms with Gasteiger partial charge in [-0.15, -0.1) is 0 Å². The minimum atomic E-state index is -4.45. The average Bonchev–Trinajstić information content (AvgIpc) is 3.37. The van der Waals surface area contributed by atoms with Gasteiger partial charge in [0.25, 0.3) is 10.0 Å². The van der Waals surface area contributed by atoms with Crippen LogP contribution in [-0.2, 0) is 14.8 Å². The van der Waals surface area contributed by atoms with Gasteiger partial charge in [-0.05, 0) is 54.8 Å². The predicted molar refractivity (Wildman–Crippen MR) is 163 cm³/mol. The lowest BCUT2D eigenvalue weighted by atomic mass is 10.0. The van der Waals surface area contributed by atoms with E-state index in [1.54, 1.807) is 25.4 Å². The van der Waals surface area contributed by atoms with E-state index in [4.69, 9.17) is 21.1 Å². The van der Waals surface area contributed by atoms with E-state index in [2.05, 4.69) is 24.9 Å². The van der Waals surface area contributed by atoms with Gasteiger partial charge in [0.1, 0.15) is 29.2 Å². The summed E-state index contributed by atoms with van der Waals surface area (Å²) in [5, 5.41) is 14.1. The molecule has 2 aliphatic heterocycles. The van der Waals surface area contributed by atoms with Crippen LogP contribution in [0.25, 0.3) is 22.0 Å². The maximum atomic E-state index is 15.8. The normalized spacial score (nSPS) is 17.4. The van der Waals surface area contributed by atoms with Crippen molar-refractivity contribution in [3.63, 3.8) is 0 Å². The minimum Gasteiger partial charge on any atom is -0.489 e. The van der Waals surface area contributed by atoms with Gasteiger partial charge in [0.05, 0.1) is 23.4 Å². The molecule has 6 rings (SSSR count). The first-order chi connectivity index (χ1) is 21.1. The minimum absolute atomic E-state index is 0.0500. The highest BCUT2D eigenvalue weighted by Gasteiger charge is 2.32. The number of aliphatic hydroxyl groups is 1. The van der Waals surface area contributed by atoms with Crippen molar-refractivity contribution in [2.24, 2.45) is 0 Å². The first-order valence-corrected chi connectivity index (χ1v) is 15.9. The number of aliphatic hydroxyl groups excluding tert-OH is 1. The third kappa shape index (κ3) is 6.15. The van der Waals surface area contributed by atoms with Crippen LogP contribution in [0.3, 0.4) is 0 Å². The molecule has 1 aromatic heterocycles. The monoisotopic (exact) mass is 645 g/mol. The van der Waals surface area contributed by atoms with Crippen LogP contribution in [0.2, 0.25) is 5.02 Å². The fraction of sp³-hybridized carbons (Fsp3) is 0.333. The highest BCUT2D eigenvalue weighted by molar-refractivity contribution is 7.92. The lowest BCUT2D eigenvalue weighted by Crippen LogP contribution is -2.40. The molecule has 3 aromatic carbocycles. The maximum absolute atomic E-state index is 15.8. The van der Waals surface area contributed by atoms with Crippen LogP contribution < -0.4 is 14.8 Å². The van der Waals surface area contributed by atoms with Crippen LogP contribution >= 0.6 is 11.6 Å². The number of nitrogens with zero attached hydrogens (tertiary/aromatic N) is 3. The Morgan fingerprint density at radius 3 is 2.73 bits per heavy atom. The number of methoxy groups -OCH3 is 1. The summed E-state index contributed by atoms with van der Waals surface area (Å²) in [6.07, 6.45) is 2.41. The number of sulfonamides is 1. The molecule has 3 N–H and O–H groups in total. The lowest BCUT2D eigenvalue weighted by Gasteiger charge is -2.32. The Morgan fingerprint density at radius 2 is 1.95 bits per heavy atom. The number of piperidine rings is 1. The number of hydrogen-bond donors (Lipinski definition) is 3. The number of anilines is 2. The summed E-state index contributed by atoms with van der Waals surface area (Å²) >= 11 is 6.08. The van der Waals surface area contributed by atoms with Crippen LogP contribution in [0.4, 0.5) is 20.4 Å². The summed E-state index contributed by atoms with van der Waals surface area (Å²) < 4.78 is 70.1. The van der Waals surface area contributed by atoms with E-state index in [1.165, 1.54) is 12.1 Å². The van der Waals surface area contributed by atoms with Gasteiger partial charge in [-0.3, -0.25) is 4.72 Å². The summed E-state index contributed by atoms with van der Waals surface area (Å²) in [4.78, 5) is 11.0. The molecule has 4 aromatic rings. The zero-order valence-corrected chi connectivity index (χ0v) is 25.3. The Balaban J connectivity index is 1.23. The van der Waals surface area contributed by atoms with Gasteiger partial charge in [-0.25, -0.2) is 27.2 Å². The third-order valence-electron chi connectivity index (χ3n) is 7.82. The van der Waals surface area contributed by atoms with Crippen LogP contribution in [0.15, 0.2) is 53.6 Å². The van der Waals surface area contributed by atoms with E-state index in [0.29, 0.717) is 23.5 Å². The number of nitrogens with one attached hydrogen (secondary N) is 2. The molecule has 10 nitrogen and oxygen atoms in total. The van der Waals surface area contributed by atoms with E-state index >= 15 is 8.78 Å². The molecule has 14 heteroatoms. The molecule has 0 saturated carbocycles. The van der Waals surface area contributed by atoms with E-state index < -0.39 is 39.0 Å². The van der Waals surface area contributed by atoms with E-state index in [-0.39, 0.29) is 39.4 Å². The third-order valence-corrected chi connectivity index (χ3v) is 9.41. The van der Waals surface area contributed by atoms with Crippen LogP contribution in [0.1, 0.15) is 24.5 Å². The van der Waals surface area contributed by atoms with Crippen molar-refractivity contribution in [2.45, 2.75) is 29.9 Å². The molecule has 1 atom stereocenters. The molecule has 1 fully saturated rings. The molecule has 44 heavy (non-hydrogen) atoms. The van der Waals surface area contributed by atoms with Crippen molar-refractivity contribution in [2.75, 3.05) is 50.0 Å². The number of aromatic nitrogens is 2. The molecule has 1 saturated heterocycles. The summed E-state index contributed by atoms with van der Waals surface area (Å²) in [6, 6.07) is 9.45. The smallest absolute Gasteiger partial charge is 0.265 e. The molecule has 3 heterocycles. The summed E-state index contributed by atoms with van der Waals surface area (Å²) in [5.41, 5.74) is 0.0726. The number of fused-ring (bicyclic) bond motifs is 2. The first kappa shape index (κ1) is 30.4. The Hall–Kier alpha value is -3.62. The molecule has 2 aliphatic rings. The molecule has 0 bridgehead atoms. The van der Waals surface area contributed by atoms with Crippen molar-refractivity contribution < 1.29 is 31.8 Å². The second-order valence-corrected chi connectivity index (χ2v) is 12.8. The molecule has 1 unspecified atom stereocenters. The van der Waals surface area contributed by atoms with Crippen LogP contribution in [0, 0.1) is 11.6 Å². The van der Waals surface area contributed by atoms with Crippen molar-refractivity contribution in [3.8, 4) is 16.9 Å². The highest BCUT2D eigenvalue weighted by atomic mass is 35.5. The Bertz CT molecular complexity index is 1820. The van der Waals surface area contributed by atoms with E-state index in [0.717, 1.165) is 50.7 Å². The number of rotatable bonds is 9. The van der Waals surface area contributed by atoms with Gasteiger partial charge in [0.15, 0.2) is 5.82 Å². The number of hydrogen-bond acceptors (Lipinski definition) is 9. The van der Waals surface area contributed by atoms with Crippen LogP contribution in [-0.4, -0.2) is 74.4 Å². The zero-order valence-electron chi connectivity index (χ0n) is 23.7. The van der Waals surface area contributed by atoms with Gasteiger partial charge in [-0.1, -0.05) is 17.7 Å². The first-order valence-electron chi connectivity index (χ1n) is 14.0. The van der Waals surface area contributed by atoms with Crippen molar-refractivity contribution in [1.82, 2.24) is 14.9 Å². The Kier molecular flexibility index (Phi) is 8.57. The lowest BCUT2D eigenvalue weighted by molar-refractivity contribution is 0.132. The highest BCUT2D eigenvalue weighted by Crippen LogP contribution is 2.41. The predicted octanol–water partition coefficient (Wildman–Crippen LogP) is 4.98. The number of benzene rings is 3. The van der Waals surface area contributed by atoms with E-state index in [9.17, 15) is 13.5 Å². The van der Waals surface area contributed by atoms with E-state index in [1.807, 2.05) is 0 Å². The maximum Gasteiger partial charge on any atom is 0.265 e. The Labute approximate surface area is 258 Å². The van der Waals surface area contributed by atoms with Gasteiger partial charge < -0.3 is 24.8 Å². The summed E-state index contributed by atoms with van der Waals surface area (Å²) in [5.74, 6) is -1.59. The quantitative estimate of drug-likeness (QED) is 0.231. The van der Waals surface area contributed by atoms with Crippen molar-refractivity contribution in [3.05, 3.63) is 70.9 Å². The SMILES string of the molecule is COCCN1CCC(Nc2ncc3cc(-c4c(F)ccc(NS(=O)(=O)c5cc(Cl)cc6c5OCC6O)c4F)ccc3n2)CC1. The second-order valence-electron chi connectivity index (χ2n) is 10.8. The molecule has 0 spiro atoms. The van der Waals surface area contributed by atoms with Gasteiger partial charge in [0, 0.05) is 55.0 Å². The molecular weight excluding hydrogens is 616 g/mol. The number of ether oxygens (including phenoxy) is 2. The largest absolute Gasteiger partial charge is 0.489 e. The fourth-order valence-corrected chi connectivity index (χ4v) is 7.05. The zero-order chi connectivity index (χ0) is 31.0. The average molecular weight is 646 g/mol.